The van der Waals surface area contributed by atoms with E-state index in [0.717, 1.165) is 0 Å². The fourth-order valence-corrected chi connectivity index (χ4v) is 2.93. The average molecular weight is 306 g/mol. The summed E-state index contributed by atoms with van der Waals surface area (Å²) in [6, 6.07) is 3.16. The van der Waals surface area contributed by atoms with Gasteiger partial charge in [0.05, 0.1) is 11.6 Å². The lowest BCUT2D eigenvalue weighted by atomic mass is 10.0. The van der Waals surface area contributed by atoms with E-state index in [0.29, 0.717) is 5.56 Å². The van der Waals surface area contributed by atoms with Crippen molar-refractivity contribution >= 4 is 17.8 Å². The Balaban J connectivity index is 1.94. The summed E-state index contributed by atoms with van der Waals surface area (Å²) in [6.45, 7) is 0. The second-order valence-corrected chi connectivity index (χ2v) is 5.31. The van der Waals surface area contributed by atoms with E-state index in [9.17, 15) is 24.6 Å². The van der Waals surface area contributed by atoms with Crippen molar-refractivity contribution in [3.05, 3.63) is 34.9 Å². The first-order chi connectivity index (χ1) is 10.4. The van der Waals surface area contributed by atoms with E-state index in [-0.39, 0.29) is 24.0 Å². The number of nitrogens with zero attached hydrogens (tertiary/aromatic N) is 1. The number of aromatic carboxylic acids is 1. The Morgan fingerprint density at radius 2 is 1.86 bits per heavy atom. The number of amides is 2. The minimum Gasteiger partial charge on any atom is -0.478 e. The van der Waals surface area contributed by atoms with Crippen LogP contribution >= 0.6 is 0 Å². The Bertz CT molecular complexity index is 673. The van der Waals surface area contributed by atoms with E-state index in [2.05, 4.69) is 5.32 Å². The number of benzene rings is 1. The van der Waals surface area contributed by atoms with E-state index in [1.54, 1.807) is 0 Å². The third-order valence-electron chi connectivity index (χ3n) is 4.02. The van der Waals surface area contributed by atoms with Gasteiger partial charge in [0.2, 0.25) is 11.8 Å². The van der Waals surface area contributed by atoms with Crippen LogP contribution < -0.4 is 5.32 Å². The molecule has 3 rings (SSSR count). The van der Waals surface area contributed by atoms with Gasteiger partial charge in [-0.3, -0.25) is 14.9 Å². The summed E-state index contributed by atoms with van der Waals surface area (Å²) in [5.41, 5.74) is 0.578. The number of rotatable bonds is 2. The van der Waals surface area contributed by atoms with Crippen LogP contribution in [0.3, 0.4) is 0 Å². The van der Waals surface area contributed by atoms with E-state index in [4.69, 9.17) is 5.11 Å². The van der Waals surface area contributed by atoms with Crippen LogP contribution in [0.2, 0.25) is 0 Å². The molecule has 0 aromatic heterocycles. The van der Waals surface area contributed by atoms with Crippen LogP contribution in [-0.4, -0.2) is 44.0 Å². The molecule has 0 spiro atoms. The minimum absolute atomic E-state index is 0.0184. The van der Waals surface area contributed by atoms with E-state index in [1.165, 1.54) is 23.1 Å². The molecule has 2 aliphatic heterocycles. The molecule has 3 atom stereocenters. The third kappa shape index (κ3) is 2.17. The Labute approximate surface area is 125 Å². The van der Waals surface area contributed by atoms with Crippen molar-refractivity contribution in [2.24, 2.45) is 0 Å². The molecule has 8 heteroatoms. The number of nitrogens with one attached hydrogen (secondary N) is 1. The number of carboxylic acids is 1. The molecule has 3 unspecified atom stereocenters. The summed E-state index contributed by atoms with van der Waals surface area (Å²) < 4.78 is 0. The zero-order valence-electron chi connectivity index (χ0n) is 11.4. The molecule has 1 fully saturated rings. The summed E-state index contributed by atoms with van der Waals surface area (Å²) in [4.78, 5) is 35.3. The highest BCUT2D eigenvalue weighted by Crippen LogP contribution is 2.42. The number of piperidine rings is 1. The summed E-state index contributed by atoms with van der Waals surface area (Å²) >= 11 is 0. The van der Waals surface area contributed by atoms with Gasteiger partial charge in [0.15, 0.2) is 0 Å². The maximum atomic E-state index is 11.9. The van der Waals surface area contributed by atoms with Crippen LogP contribution in [0.15, 0.2) is 18.2 Å². The van der Waals surface area contributed by atoms with Crippen molar-refractivity contribution in [2.75, 3.05) is 0 Å². The predicted octanol–water partition coefficient (Wildman–Crippen LogP) is -0.513. The number of carbonyl (C=O) groups excluding carboxylic acids is 2. The number of aliphatic hydroxyl groups excluding tert-OH is 2. The standard InChI is InChI=1S/C14H14N2O6/c17-10-4-3-9(11(18)15-10)16-12(19)7-2-1-6(14(21)22)5-8(7)13(16)20/h1-2,5,9,12-13,19-20H,3-4H2,(H,21,22)(H,15,17,18). The number of carbonyl (C=O) groups is 3. The largest absolute Gasteiger partial charge is 0.478 e. The second-order valence-electron chi connectivity index (χ2n) is 5.31. The maximum Gasteiger partial charge on any atom is 0.335 e. The Hall–Kier alpha value is -2.29. The highest BCUT2D eigenvalue weighted by atomic mass is 16.4. The molecule has 116 valence electrons. The molecule has 0 radical (unpaired) electrons. The Morgan fingerprint density at radius 3 is 2.50 bits per heavy atom. The summed E-state index contributed by atoms with van der Waals surface area (Å²) in [5.74, 6) is -2.13. The molecule has 0 aliphatic carbocycles. The zero-order valence-corrected chi connectivity index (χ0v) is 11.4. The number of hydrogen-bond donors (Lipinski definition) is 4. The fourth-order valence-electron chi connectivity index (χ4n) is 2.93. The topological polar surface area (TPSA) is 127 Å². The molecule has 4 N–H and O–H groups in total. The highest BCUT2D eigenvalue weighted by Gasteiger charge is 2.45. The Morgan fingerprint density at radius 1 is 1.18 bits per heavy atom. The van der Waals surface area contributed by atoms with Crippen LogP contribution in [0, 0.1) is 0 Å². The average Bonchev–Trinajstić information content (AvgIpc) is 2.71. The number of carboxylic acid groups (broad SMARTS) is 1. The van der Waals surface area contributed by atoms with Crippen molar-refractivity contribution < 1.29 is 29.7 Å². The van der Waals surface area contributed by atoms with Crippen LogP contribution in [-0.2, 0) is 9.59 Å². The molecule has 1 aromatic rings. The molecule has 22 heavy (non-hydrogen) atoms. The van der Waals surface area contributed by atoms with Gasteiger partial charge in [-0.25, -0.2) is 9.69 Å². The van der Waals surface area contributed by atoms with Gasteiger partial charge >= 0.3 is 5.97 Å². The summed E-state index contributed by atoms with van der Waals surface area (Å²) in [6.07, 6.45) is -2.26. The van der Waals surface area contributed by atoms with Gasteiger partial charge < -0.3 is 15.3 Å². The first kappa shape index (κ1) is 14.6. The molecule has 1 saturated heterocycles. The van der Waals surface area contributed by atoms with Gasteiger partial charge in [0.25, 0.3) is 0 Å². The van der Waals surface area contributed by atoms with Crippen molar-refractivity contribution in [3.63, 3.8) is 0 Å². The lowest BCUT2D eigenvalue weighted by Gasteiger charge is -2.34. The number of aliphatic hydroxyl groups is 2. The summed E-state index contributed by atoms with van der Waals surface area (Å²) in [5, 5.41) is 31.9. The molecule has 0 bridgehead atoms. The van der Waals surface area contributed by atoms with Gasteiger partial charge in [0, 0.05) is 17.5 Å². The number of imide groups is 1. The second kappa shape index (κ2) is 5.16. The Kier molecular flexibility index (Phi) is 3.44. The van der Waals surface area contributed by atoms with Gasteiger partial charge in [-0.2, -0.15) is 0 Å². The molecular weight excluding hydrogens is 292 g/mol. The number of hydrogen-bond acceptors (Lipinski definition) is 6. The van der Waals surface area contributed by atoms with E-state index >= 15 is 0 Å². The minimum atomic E-state index is -1.31. The van der Waals surface area contributed by atoms with Gasteiger partial charge in [-0.15, -0.1) is 0 Å². The first-order valence-electron chi connectivity index (χ1n) is 6.74. The third-order valence-corrected chi connectivity index (χ3v) is 4.02. The van der Waals surface area contributed by atoms with Gasteiger partial charge in [-0.1, -0.05) is 6.07 Å². The van der Waals surface area contributed by atoms with E-state index < -0.39 is 36.3 Å². The van der Waals surface area contributed by atoms with Crippen LogP contribution in [0.1, 0.15) is 46.8 Å². The first-order valence-corrected chi connectivity index (χ1v) is 6.74. The molecular formula is C14H14N2O6. The smallest absolute Gasteiger partial charge is 0.335 e. The van der Waals surface area contributed by atoms with Crippen molar-refractivity contribution in [2.45, 2.75) is 31.3 Å². The molecule has 2 heterocycles. The fraction of sp³-hybridized carbons (Fsp3) is 0.357. The zero-order chi connectivity index (χ0) is 16.0. The normalized spacial score (nSPS) is 28.4. The molecule has 2 amide bonds. The lowest BCUT2D eigenvalue weighted by molar-refractivity contribution is -0.154. The van der Waals surface area contributed by atoms with Crippen molar-refractivity contribution in [1.82, 2.24) is 10.2 Å². The quantitative estimate of drug-likeness (QED) is 0.542. The highest BCUT2D eigenvalue weighted by molar-refractivity contribution is 6.00. The van der Waals surface area contributed by atoms with Gasteiger partial charge in [-0.05, 0) is 18.6 Å². The molecule has 0 saturated carbocycles. The van der Waals surface area contributed by atoms with Crippen LogP contribution in [0.25, 0.3) is 0 Å². The monoisotopic (exact) mass is 306 g/mol. The maximum absolute atomic E-state index is 11.9. The van der Waals surface area contributed by atoms with Crippen LogP contribution in [0.4, 0.5) is 0 Å². The van der Waals surface area contributed by atoms with Crippen molar-refractivity contribution in [3.8, 4) is 0 Å². The van der Waals surface area contributed by atoms with Crippen molar-refractivity contribution in [1.29, 1.82) is 0 Å². The van der Waals surface area contributed by atoms with Crippen LogP contribution in [0.5, 0.6) is 0 Å². The number of fused-ring (bicyclic) bond motifs is 1. The van der Waals surface area contributed by atoms with Gasteiger partial charge in [0.1, 0.15) is 12.5 Å². The SMILES string of the molecule is O=C1CCC(N2C(O)c3ccc(C(=O)O)cc3C2O)C(=O)N1. The molecule has 2 aliphatic rings. The molecule has 1 aromatic carbocycles. The lowest BCUT2D eigenvalue weighted by Crippen LogP contribution is -2.52. The summed E-state index contributed by atoms with van der Waals surface area (Å²) in [7, 11) is 0. The predicted molar refractivity (Wildman–Crippen MR) is 71.3 cm³/mol. The van der Waals surface area contributed by atoms with E-state index in [1.807, 2.05) is 0 Å². The molecule has 8 nitrogen and oxygen atoms in total.